The monoisotopic (exact) mass is 363 g/mol. The van der Waals surface area contributed by atoms with Crippen molar-refractivity contribution in [3.8, 4) is 5.75 Å². The van der Waals surface area contributed by atoms with Crippen molar-refractivity contribution in [2.75, 3.05) is 13.2 Å². The van der Waals surface area contributed by atoms with Gasteiger partial charge < -0.3 is 14.8 Å². The Morgan fingerprint density at radius 2 is 1.69 bits per heavy atom. The first-order valence-electron chi connectivity index (χ1n) is 7.98. The molecule has 0 fully saturated rings. The number of halogens is 2. The Hall–Kier alpha value is -2.96. The summed E-state index contributed by atoms with van der Waals surface area (Å²) < 4.78 is 33.3. The van der Waals surface area contributed by atoms with Gasteiger partial charge in [0.15, 0.2) is 6.61 Å². The summed E-state index contributed by atoms with van der Waals surface area (Å²) in [4.78, 5) is 23.5. The summed E-state index contributed by atoms with van der Waals surface area (Å²) in [7, 11) is 0. The maximum absolute atomic E-state index is 12.1. The van der Waals surface area contributed by atoms with Crippen LogP contribution < -0.4 is 10.1 Å². The third-order valence-corrected chi connectivity index (χ3v) is 3.51. The van der Waals surface area contributed by atoms with E-state index >= 15 is 0 Å². The van der Waals surface area contributed by atoms with Gasteiger partial charge in [-0.15, -0.1) is 0 Å². The average molecular weight is 363 g/mol. The molecule has 0 radical (unpaired) electrons. The SMILES string of the molecule is Cc1ccc(C(=O)OCC(=O)NCCc2ccc(OC(F)F)cc2)cc1. The number of hydrogen-bond acceptors (Lipinski definition) is 4. The molecule has 1 N–H and O–H groups in total. The number of amides is 1. The van der Waals surface area contributed by atoms with Crippen LogP contribution in [0.1, 0.15) is 21.5 Å². The molecule has 0 atom stereocenters. The Labute approximate surface area is 149 Å². The van der Waals surface area contributed by atoms with Crippen LogP contribution in [0.15, 0.2) is 48.5 Å². The van der Waals surface area contributed by atoms with Crippen molar-refractivity contribution < 1.29 is 27.8 Å². The number of rotatable bonds is 8. The Morgan fingerprint density at radius 1 is 1.04 bits per heavy atom. The zero-order valence-electron chi connectivity index (χ0n) is 14.2. The number of ether oxygens (including phenoxy) is 2. The largest absolute Gasteiger partial charge is 0.452 e. The van der Waals surface area contributed by atoms with Gasteiger partial charge in [-0.3, -0.25) is 4.79 Å². The molecule has 1 amide bonds. The van der Waals surface area contributed by atoms with Crippen LogP contribution in [-0.4, -0.2) is 31.6 Å². The number of benzene rings is 2. The van der Waals surface area contributed by atoms with E-state index in [1.807, 2.05) is 6.92 Å². The quantitative estimate of drug-likeness (QED) is 0.732. The maximum Gasteiger partial charge on any atom is 0.387 e. The fourth-order valence-corrected chi connectivity index (χ4v) is 2.14. The summed E-state index contributed by atoms with van der Waals surface area (Å²) >= 11 is 0. The van der Waals surface area contributed by atoms with Gasteiger partial charge in [-0.25, -0.2) is 4.79 Å². The van der Waals surface area contributed by atoms with E-state index in [-0.39, 0.29) is 12.4 Å². The number of alkyl halides is 2. The van der Waals surface area contributed by atoms with E-state index in [0.717, 1.165) is 11.1 Å². The van der Waals surface area contributed by atoms with E-state index in [1.165, 1.54) is 12.1 Å². The first-order valence-corrected chi connectivity index (χ1v) is 7.98. The third kappa shape index (κ3) is 6.51. The van der Waals surface area contributed by atoms with Crippen molar-refractivity contribution in [2.24, 2.45) is 0 Å². The molecule has 5 nitrogen and oxygen atoms in total. The van der Waals surface area contributed by atoms with Gasteiger partial charge in [0, 0.05) is 6.54 Å². The zero-order chi connectivity index (χ0) is 18.9. The number of esters is 1. The number of carbonyl (C=O) groups is 2. The van der Waals surface area contributed by atoms with E-state index in [0.29, 0.717) is 18.5 Å². The molecule has 0 spiro atoms. The van der Waals surface area contributed by atoms with Crippen molar-refractivity contribution >= 4 is 11.9 Å². The van der Waals surface area contributed by atoms with Gasteiger partial charge in [0.1, 0.15) is 5.75 Å². The Morgan fingerprint density at radius 3 is 2.31 bits per heavy atom. The second-order valence-electron chi connectivity index (χ2n) is 5.56. The van der Waals surface area contributed by atoms with E-state index in [9.17, 15) is 18.4 Å². The summed E-state index contributed by atoms with van der Waals surface area (Å²) in [5.41, 5.74) is 2.26. The Balaban J connectivity index is 1.68. The standard InChI is InChI=1S/C19H19F2NO4/c1-13-2-6-15(7-3-13)18(24)25-12-17(23)22-11-10-14-4-8-16(9-5-14)26-19(20)21/h2-9,19H,10-12H2,1H3,(H,22,23). The van der Waals surface area contributed by atoms with E-state index < -0.39 is 18.5 Å². The molecule has 0 aliphatic heterocycles. The second-order valence-corrected chi connectivity index (χ2v) is 5.56. The molecule has 0 aliphatic rings. The summed E-state index contributed by atoms with van der Waals surface area (Å²) in [5.74, 6) is -0.895. The lowest BCUT2D eigenvalue weighted by Crippen LogP contribution is -2.30. The minimum Gasteiger partial charge on any atom is -0.452 e. The molecule has 26 heavy (non-hydrogen) atoms. The molecular formula is C19H19F2NO4. The number of carbonyl (C=O) groups excluding carboxylic acids is 2. The number of nitrogens with one attached hydrogen (secondary N) is 1. The molecule has 0 unspecified atom stereocenters. The van der Waals surface area contributed by atoms with Gasteiger partial charge in [-0.05, 0) is 43.2 Å². The van der Waals surface area contributed by atoms with Crippen LogP contribution in [0.4, 0.5) is 8.78 Å². The molecule has 2 rings (SSSR count). The van der Waals surface area contributed by atoms with Crippen molar-refractivity contribution in [2.45, 2.75) is 20.0 Å². The lowest BCUT2D eigenvalue weighted by Gasteiger charge is -2.08. The highest BCUT2D eigenvalue weighted by Crippen LogP contribution is 2.15. The summed E-state index contributed by atoms with van der Waals surface area (Å²) in [6, 6.07) is 13.0. The Kier molecular flexibility index (Phi) is 7.08. The highest BCUT2D eigenvalue weighted by molar-refractivity contribution is 5.91. The van der Waals surface area contributed by atoms with E-state index in [2.05, 4.69) is 10.1 Å². The van der Waals surface area contributed by atoms with Crippen LogP contribution >= 0.6 is 0 Å². The molecule has 0 saturated carbocycles. The van der Waals surface area contributed by atoms with Crippen molar-refractivity contribution in [3.63, 3.8) is 0 Å². The normalized spacial score (nSPS) is 10.5. The molecule has 2 aromatic rings. The van der Waals surface area contributed by atoms with Gasteiger partial charge in [-0.1, -0.05) is 29.8 Å². The first-order chi connectivity index (χ1) is 12.4. The fraction of sp³-hybridized carbons (Fsp3) is 0.263. The maximum atomic E-state index is 12.1. The van der Waals surface area contributed by atoms with Crippen LogP contribution in [0.5, 0.6) is 5.75 Å². The summed E-state index contributed by atoms with van der Waals surface area (Å²) in [5, 5.41) is 2.63. The molecule has 0 bridgehead atoms. The minimum absolute atomic E-state index is 0.0794. The smallest absolute Gasteiger partial charge is 0.387 e. The number of aryl methyl sites for hydroxylation is 1. The van der Waals surface area contributed by atoms with E-state index in [4.69, 9.17) is 4.74 Å². The van der Waals surface area contributed by atoms with Crippen molar-refractivity contribution in [1.29, 1.82) is 0 Å². The Bertz CT molecular complexity index is 730. The van der Waals surface area contributed by atoms with Crippen LogP contribution in [0.25, 0.3) is 0 Å². The molecule has 2 aromatic carbocycles. The average Bonchev–Trinajstić information content (AvgIpc) is 2.61. The van der Waals surface area contributed by atoms with Crippen molar-refractivity contribution in [3.05, 3.63) is 65.2 Å². The predicted molar refractivity (Wildman–Crippen MR) is 91.2 cm³/mol. The lowest BCUT2D eigenvalue weighted by atomic mass is 10.1. The summed E-state index contributed by atoms with van der Waals surface area (Å²) in [6.07, 6.45) is 0.507. The topological polar surface area (TPSA) is 64.6 Å². The molecule has 0 aromatic heterocycles. The molecule has 138 valence electrons. The van der Waals surface area contributed by atoms with Gasteiger partial charge in [-0.2, -0.15) is 8.78 Å². The second kappa shape index (κ2) is 9.50. The molecule has 0 aliphatic carbocycles. The molecular weight excluding hydrogens is 344 g/mol. The summed E-state index contributed by atoms with van der Waals surface area (Å²) in [6.45, 7) is -0.992. The highest BCUT2D eigenvalue weighted by atomic mass is 19.3. The molecule has 0 heterocycles. The van der Waals surface area contributed by atoms with Crippen LogP contribution in [0, 0.1) is 6.92 Å². The van der Waals surface area contributed by atoms with Gasteiger partial charge in [0.25, 0.3) is 5.91 Å². The van der Waals surface area contributed by atoms with E-state index in [1.54, 1.807) is 36.4 Å². The van der Waals surface area contributed by atoms with Crippen LogP contribution in [-0.2, 0) is 16.0 Å². The van der Waals surface area contributed by atoms with Crippen molar-refractivity contribution in [1.82, 2.24) is 5.32 Å². The molecule has 7 heteroatoms. The zero-order valence-corrected chi connectivity index (χ0v) is 14.2. The first kappa shape index (κ1) is 19.4. The lowest BCUT2D eigenvalue weighted by molar-refractivity contribution is -0.124. The fourth-order valence-electron chi connectivity index (χ4n) is 2.14. The highest BCUT2D eigenvalue weighted by Gasteiger charge is 2.10. The molecule has 0 saturated heterocycles. The van der Waals surface area contributed by atoms with Crippen LogP contribution in [0.2, 0.25) is 0 Å². The minimum atomic E-state index is -2.86. The van der Waals surface area contributed by atoms with Crippen LogP contribution in [0.3, 0.4) is 0 Å². The van der Waals surface area contributed by atoms with Gasteiger partial charge >= 0.3 is 12.6 Å². The number of hydrogen-bond donors (Lipinski definition) is 1. The predicted octanol–water partition coefficient (Wildman–Crippen LogP) is 3.11. The third-order valence-electron chi connectivity index (χ3n) is 3.51. The van der Waals surface area contributed by atoms with Gasteiger partial charge in [0.2, 0.25) is 0 Å². The van der Waals surface area contributed by atoms with Gasteiger partial charge in [0.05, 0.1) is 5.56 Å².